The molecule has 0 radical (unpaired) electrons. The SMILES string of the molecule is Fc1ccc(-c2nn3c(c2-c2ccnc4[nH]ncc24)CCC(F)(COC(F)F)C3)nc1. The second-order valence-electron chi connectivity index (χ2n) is 7.40. The van der Waals surface area contributed by atoms with E-state index in [-0.39, 0.29) is 19.4 Å². The number of halogens is 4. The predicted octanol–water partition coefficient (Wildman–Crippen LogP) is 3.92. The number of alkyl halides is 3. The number of aromatic nitrogens is 6. The maximum atomic E-state index is 15.2. The van der Waals surface area contributed by atoms with E-state index < -0.39 is 24.7 Å². The lowest BCUT2D eigenvalue weighted by atomic mass is 9.91. The van der Waals surface area contributed by atoms with Crippen LogP contribution in [-0.2, 0) is 17.7 Å². The smallest absolute Gasteiger partial charge is 0.320 e. The summed E-state index contributed by atoms with van der Waals surface area (Å²) in [5, 5.41) is 12.1. The molecule has 1 aliphatic rings. The standard InChI is InChI=1S/C20H16F4N6O/c21-11-1-2-14(26-7-11)17-16(12-4-6-25-18-13(12)8-27-28-18)15-3-5-20(24,9-30(15)29-17)10-31-19(22)23/h1-2,4,6-8,19H,3,5,9-10H2,(H,25,27,28). The molecular weight excluding hydrogens is 416 g/mol. The first kappa shape index (κ1) is 19.6. The quantitative estimate of drug-likeness (QED) is 0.484. The normalized spacial score (nSPS) is 18.6. The van der Waals surface area contributed by atoms with Gasteiger partial charge in [-0.3, -0.25) is 14.8 Å². The van der Waals surface area contributed by atoms with E-state index in [1.807, 2.05) is 0 Å². The van der Waals surface area contributed by atoms with E-state index in [9.17, 15) is 13.2 Å². The van der Waals surface area contributed by atoms with Crippen LogP contribution in [-0.4, -0.2) is 48.8 Å². The van der Waals surface area contributed by atoms with Gasteiger partial charge in [0, 0.05) is 22.8 Å². The number of hydrogen-bond acceptors (Lipinski definition) is 5. The van der Waals surface area contributed by atoms with Crippen LogP contribution in [0.4, 0.5) is 17.6 Å². The van der Waals surface area contributed by atoms with Crippen molar-refractivity contribution in [3.63, 3.8) is 0 Å². The van der Waals surface area contributed by atoms with Crippen LogP contribution < -0.4 is 0 Å². The van der Waals surface area contributed by atoms with E-state index in [4.69, 9.17) is 0 Å². The summed E-state index contributed by atoms with van der Waals surface area (Å²) in [6.07, 6.45) is 4.55. The third-order valence-electron chi connectivity index (χ3n) is 5.36. The van der Waals surface area contributed by atoms with E-state index in [1.54, 1.807) is 18.5 Å². The van der Waals surface area contributed by atoms with E-state index >= 15 is 4.39 Å². The molecule has 4 aromatic heterocycles. The van der Waals surface area contributed by atoms with Crippen molar-refractivity contribution in [1.82, 2.24) is 29.9 Å². The maximum Gasteiger partial charge on any atom is 0.345 e. The highest BCUT2D eigenvalue weighted by atomic mass is 19.3. The molecule has 0 amide bonds. The van der Waals surface area contributed by atoms with Crippen molar-refractivity contribution in [3.05, 3.63) is 48.3 Å². The molecule has 31 heavy (non-hydrogen) atoms. The van der Waals surface area contributed by atoms with Crippen molar-refractivity contribution in [2.24, 2.45) is 0 Å². The van der Waals surface area contributed by atoms with Gasteiger partial charge in [-0.2, -0.15) is 19.0 Å². The first-order chi connectivity index (χ1) is 14.9. The Morgan fingerprint density at radius 2 is 2.06 bits per heavy atom. The van der Waals surface area contributed by atoms with Crippen LogP contribution in [0.1, 0.15) is 12.1 Å². The first-order valence-electron chi connectivity index (χ1n) is 9.52. The summed E-state index contributed by atoms with van der Waals surface area (Å²) in [6.45, 7) is -4.03. The Labute approximate surface area is 173 Å². The number of nitrogens with one attached hydrogen (secondary N) is 1. The van der Waals surface area contributed by atoms with Gasteiger partial charge in [-0.25, -0.2) is 13.8 Å². The molecular formula is C20H16F4N6O. The zero-order valence-electron chi connectivity index (χ0n) is 16.0. The maximum absolute atomic E-state index is 15.2. The molecule has 0 saturated carbocycles. The lowest BCUT2D eigenvalue weighted by molar-refractivity contribution is -0.160. The molecule has 0 saturated heterocycles. The fourth-order valence-corrected chi connectivity index (χ4v) is 3.95. The molecule has 0 fully saturated rings. The fourth-order valence-electron chi connectivity index (χ4n) is 3.95. The van der Waals surface area contributed by atoms with Gasteiger partial charge in [0.15, 0.2) is 11.3 Å². The molecule has 0 aromatic carbocycles. The van der Waals surface area contributed by atoms with Gasteiger partial charge in [-0.05, 0) is 36.6 Å². The highest BCUT2D eigenvalue weighted by molar-refractivity contribution is 5.97. The number of ether oxygens (including phenoxy) is 1. The minimum Gasteiger partial charge on any atom is -0.320 e. The largest absolute Gasteiger partial charge is 0.345 e. The van der Waals surface area contributed by atoms with Crippen LogP contribution >= 0.6 is 0 Å². The van der Waals surface area contributed by atoms with E-state index in [1.165, 1.54) is 16.8 Å². The summed E-state index contributed by atoms with van der Waals surface area (Å²) in [6, 6.07) is 4.55. The molecule has 11 heteroatoms. The third kappa shape index (κ3) is 3.54. The predicted molar refractivity (Wildman–Crippen MR) is 102 cm³/mol. The number of rotatable bonds is 5. The molecule has 160 valence electrons. The molecule has 4 aromatic rings. The van der Waals surface area contributed by atoms with Crippen molar-refractivity contribution in [1.29, 1.82) is 0 Å². The Morgan fingerprint density at radius 3 is 2.84 bits per heavy atom. The van der Waals surface area contributed by atoms with Crippen molar-refractivity contribution >= 4 is 11.0 Å². The van der Waals surface area contributed by atoms with E-state index in [0.29, 0.717) is 22.6 Å². The van der Waals surface area contributed by atoms with Gasteiger partial charge in [0.05, 0.1) is 31.2 Å². The zero-order valence-corrected chi connectivity index (χ0v) is 16.0. The van der Waals surface area contributed by atoms with Crippen LogP contribution in [0.15, 0.2) is 36.8 Å². The third-order valence-corrected chi connectivity index (χ3v) is 5.36. The topological polar surface area (TPSA) is 81.5 Å². The number of hydrogen-bond donors (Lipinski definition) is 1. The number of aromatic amines is 1. The lowest BCUT2D eigenvalue weighted by Crippen LogP contribution is -2.40. The minimum absolute atomic E-state index is 0.00564. The Morgan fingerprint density at radius 1 is 1.19 bits per heavy atom. The number of nitrogens with zero attached hydrogens (tertiary/aromatic N) is 5. The van der Waals surface area contributed by atoms with Crippen LogP contribution in [0.3, 0.4) is 0 Å². The summed E-state index contributed by atoms with van der Waals surface area (Å²) >= 11 is 0. The second-order valence-corrected chi connectivity index (χ2v) is 7.40. The minimum atomic E-state index is -3.05. The molecule has 0 aliphatic carbocycles. The molecule has 1 atom stereocenters. The van der Waals surface area contributed by atoms with Gasteiger partial charge in [0.1, 0.15) is 11.5 Å². The Balaban J connectivity index is 1.66. The molecule has 0 bridgehead atoms. The number of pyridine rings is 2. The number of fused-ring (bicyclic) bond motifs is 2. The van der Waals surface area contributed by atoms with E-state index in [0.717, 1.165) is 22.8 Å². The second kappa shape index (κ2) is 7.41. The van der Waals surface area contributed by atoms with Crippen LogP contribution in [0, 0.1) is 5.82 Å². The van der Waals surface area contributed by atoms with Gasteiger partial charge in [0.25, 0.3) is 0 Å². The van der Waals surface area contributed by atoms with E-state index in [2.05, 4.69) is 30.0 Å². The first-order valence-corrected chi connectivity index (χ1v) is 9.52. The highest BCUT2D eigenvalue weighted by Crippen LogP contribution is 2.41. The summed E-state index contributed by atoms with van der Waals surface area (Å²) in [4.78, 5) is 8.38. The summed E-state index contributed by atoms with van der Waals surface area (Å²) in [7, 11) is 0. The molecule has 7 nitrogen and oxygen atoms in total. The van der Waals surface area contributed by atoms with Gasteiger partial charge in [-0.15, -0.1) is 0 Å². The van der Waals surface area contributed by atoms with Crippen molar-refractivity contribution in [3.8, 4) is 22.5 Å². The van der Waals surface area contributed by atoms with Gasteiger partial charge < -0.3 is 4.74 Å². The van der Waals surface area contributed by atoms with Crippen molar-refractivity contribution in [2.45, 2.75) is 31.7 Å². The monoisotopic (exact) mass is 432 g/mol. The van der Waals surface area contributed by atoms with Gasteiger partial charge in [0.2, 0.25) is 0 Å². The van der Waals surface area contributed by atoms with Crippen LogP contribution in [0.2, 0.25) is 0 Å². The Bertz CT molecular complexity index is 1240. The molecule has 5 rings (SSSR count). The zero-order chi connectivity index (χ0) is 21.6. The molecule has 1 N–H and O–H groups in total. The van der Waals surface area contributed by atoms with Gasteiger partial charge in [-0.1, -0.05) is 0 Å². The van der Waals surface area contributed by atoms with Gasteiger partial charge >= 0.3 is 6.61 Å². The molecule has 0 spiro atoms. The highest BCUT2D eigenvalue weighted by Gasteiger charge is 2.39. The molecule has 1 unspecified atom stereocenters. The summed E-state index contributed by atoms with van der Waals surface area (Å²) < 4.78 is 59.2. The average molecular weight is 432 g/mol. The summed E-state index contributed by atoms with van der Waals surface area (Å²) in [5.41, 5.74) is 1.60. The van der Waals surface area contributed by atoms with Crippen LogP contribution in [0.5, 0.6) is 0 Å². The molecule has 1 aliphatic heterocycles. The average Bonchev–Trinajstić information content (AvgIpc) is 3.37. The van der Waals surface area contributed by atoms with Crippen molar-refractivity contribution in [2.75, 3.05) is 6.61 Å². The summed E-state index contributed by atoms with van der Waals surface area (Å²) in [5.74, 6) is -0.498. The van der Waals surface area contributed by atoms with Crippen LogP contribution in [0.25, 0.3) is 33.5 Å². The number of H-pyrrole nitrogens is 1. The molecule has 5 heterocycles. The fraction of sp³-hybridized carbons (Fsp3) is 0.300. The van der Waals surface area contributed by atoms with Crippen molar-refractivity contribution < 1.29 is 22.3 Å². The Hall–Kier alpha value is -3.34. The Kier molecular flexibility index (Phi) is 4.69. The lowest BCUT2D eigenvalue weighted by Gasteiger charge is -2.30.